The number of ether oxygens (including phenoxy) is 3. The summed E-state index contributed by atoms with van der Waals surface area (Å²) in [5, 5.41) is 9.06. The van der Waals surface area contributed by atoms with Crippen molar-refractivity contribution in [2.24, 2.45) is 0 Å². The van der Waals surface area contributed by atoms with Crippen LogP contribution < -0.4 is 9.47 Å². The lowest BCUT2D eigenvalue weighted by molar-refractivity contribution is 0.172. The summed E-state index contributed by atoms with van der Waals surface area (Å²) in [6, 6.07) is 5.38. The Balaban J connectivity index is 2.57. The highest BCUT2D eigenvalue weighted by molar-refractivity contribution is 5.38. The fourth-order valence-corrected chi connectivity index (χ4v) is 1.32. The second-order valence-electron chi connectivity index (χ2n) is 3.37. The minimum absolute atomic E-state index is 0.0222. The fraction of sp³-hybridized carbons (Fsp3) is 0.500. The van der Waals surface area contributed by atoms with E-state index in [-0.39, 0.29) is 6.61 Å². The van der Waals surface area contributed by atoms with Crippen molar-refractivity contribution in [3.63, 3.8) is 0 Å². The minimum atomic E-state index is -0.0222. The van der Waals surface area contributed by atoms with E-state index < -0.39 is 0 Å². The Hall–Kier alpha value is -1.26. The van der Waals surface area contributed by atoms with Crippen LogP contribution in [0.15, 0.2) is 18.2 Å². The van der Waals surface area contributed by atoms with Crippen molar-refractivity contribution in [1.82, 2.24) is 0 Å². The third-order valence-electron chi connectivity index (χ3n) is 2.12. The molecule has 0 radical (unpaired) electrons. The van der Waals surface area contributed by atoms with Crippen LogP contribution in [-0.2, 0) is 11.3 Å². The van der Waals surface area contributed by atoms with E-state index in [0.29, 0.717) is 24.7 Å². The molecule has 0 heterocycles. The van der Waals surface area contributed by atoms with Crippen LogP contribution in [0.25, 0.3) is 0 Å². The molecule has 1 rings (SSSR count). The van der Waals surface area contributed by atoms with E-state index in [1.165, 1.54) is 0 Å². The molecule has 0 spiro atoms. The monoisotopic (exact) mass is 226 g/mol. The van der Waals surface area contributed by atoms with Crippen LogP contribution >= 0.6 is 0 Å². The zero-order valence-electron chi connectivity index (χ0n) is 9.73. The first kappa shape index (κ1) is 12.8. The molecule has 0 aromatic heterocycles. The highest BCUT2D eigenvalue weighted by atomic mass is 16.5. The van der Waals surface area contributed by atoms with Crippen LogP contribution in [-0.4, -0.2) is 32.5 Å². The lowest BCUT2D eigenvalue weighted by atomic mass is 10.2. The van der Waals surface area contributed by atoms with Crippen molar-refractivity contribution in [3.8, 4) is 11.5 Å². The number of aliphatic hydroxyl groups is 1. The van der Waals surface area contributed by atoms with Gasteiger partial charge in [0.1, 0.15) is 11.5 Å². The van der Waals surface area contributed by atoms with E-state index in [0.717, 1.165) is 12.0 Å². The quantitative estimate of drug-likeness (QED) is 0.717. The van der Waals surface area contributed by atoms with Gasteiger partial charge in [0.15, 0.2) is 0 Å². The van der Waals surface area contributed by atoms with Crippen LogP contribution in [0.1, 0.15) is 12.0 Å². The molecule has 0 saturated carbocycles. The van der Waals surface area contributed by atoms with Gasteiger partial charge in [0.2, 0.25) is 0 Å². The van der Waals surface area contributed by atoms with Gasteiger partial charge in [-0.2, -0.15) is 0 Å². The van der Waals surface area contributed by atoms with Gasteiger partial charge in [-0.3, -0.25) is 0 Å². The first-order valence-electron chi connectivity index (χ1n) is 5.20. The Morgan fingerprint density at radius 1 is 1.06 bits per heavy atom. The SMILES string of the molecule is COCCCOc1cc(CO)cc(OC)c1. The summed E-state index contributed by atoms with van der Waals surface area (Å²) in [5.41, 5.74) is 0.779. The van der Waals surface area contributed by atoms with Gasteiger partial charge in [-0.1, -0.05) is 0 Å². The van der Waals surface area contributed by atoms with Gasteiger partial charge < -0.3 is 19.3 Å². The van der Waals surface area contributed by atoms with Crippen LogP contribution in [0.5, 0.6) is 11.5 Å². The van der Waals surface area contributed by atoms with E-state index >= 15 is 0 Å². The molecule has 4 nitrogen and oxygen atoms in total. The fourth-order valence-electron chi connectivity index (χ4n) is 1.32. The highest BCUT2D eigenvalue weighted by Gasteiger charge is 2.01. The van der Waals surface area contributed by atoms with E-state index in [1.54, 1.807) is 32.4 Å². The molecule has 90 valence electrons. The Labute approximate surface area is 95.8 Å². The van der Waals surface area contributed by atoms with Crippen LogP contribution in [0.4, 0.5) is 0 Å². The third kappa shape index (κ3) is 4.08. The molecular formula is C12H18O4. The van der Waals surface area contributed by atoms with Gasteiger partial charge in [0, 0.05) is 26.2 Å². The normalized spacial score (nSPS) is 10.2. The molecule has 0 saturated heterocycles. The minimum Gasteiger partial charge on any atom is -0.497 e. The van der Waals surface area contributed by atoms with Crippen LogP contribution in [0, 0.1) is 0 Å². The molecular weight excluding hydrogens is 208 g/mol. The molecule has 0 aliphatic rings. The number of benzene rings is 1. The standard InChI is InChI=1S/C12H18O4/c1-14-4-3-5-16-12-7-10(9-13)6-11(8-12)15-2/h6-8,13H,3-5,9H2,1-2H3. The predicted molar refractivity (Wildman–Crippen MR) is 60.9 cm³/mol. The van der Waals surface area contributed by atoms with Crippen LogP contribution in [0.3, 0.4) is 0 Å². The number of hydrogen-bond acceptors (Lipinski definition) is 4. The molecule has 1 N–H and O–H groups in total. The molecule has 0 aliphatic heterocycles. The van der Waals surface area contributed by atoms with E-state index in [2.05, 4.69) is 0 Å². The molecule has 4 heteroatoms. The predicted octanol–water partition coefficient (Wildman–Crippen LogP) is 1.60. The maximum absolute atomic E-state index is 9.06. The van der Waals surface area contributed by atoms with Crippen molar-refractivity contribution in [1.29, 1.82) is 0 Å². The van der Waals surface area contributed by atoms with Gasteiger partial charge in [-0.05, 0) is 17.7 Å². The van der Waals surface area contributed by atoms with E-state index in [9.17, 15) is 0 Å². The summed E-state index contributed by atoms with van der Waals surface area (Å²) in [6.45, 7) is 1.24. The summed E-state index contributed by atoms with van der Waals surface area (Å²) in [5.74, 6) is 1.40. The maximum atomic E-state index is 9.06. The maximum Gasteiger partial charge on any atom is 0.123 e. The van der Waals surface area contributed by atoms with Gasteiger partial charge >= 0.3 is 0 Å². The molecule has 0 amide bonds. The topological polar surface area (TPSA) is 47.9 Å². The van der Waals surface area contributed by atoms with Gasteiger partial charge in [-0.25, -0.2) is 0 Å². The average Bonchev–Trinajstić information content (AvgIpc) is 2.34. The van der Waals surface area contributed by atoms with Crippen molar-refractivity contribution >= 4 is 0 Å². The number of methoxy groups -OCH3 is 2. The number of rotatable bonds is 7. The third-order valence-corrected chi connectivity index (χ3v) is 2.12. The van der Waals surface area contributed by atoms with Crippen molar-refractivity contribution < 1.29 is 19.3 Å². The lowest BCUT2D eigenvalue weighted by Gasteiger charge is -2.09. The lowest BCUT2D eigenvalue weighted by Crippen LogP contribution is -2.02. The number of hydrogen-bond donors (Lipinski definition) is 1. The second kappa shape index (κ2) is 7.09. The molecule has 1 aromatic rings. The van der Waals surface area contributed by atoms with Crippen molar-refractivity contribution in [2.75, 3.05) is 27.4 Å². The first-order chi connectivity index (χ1) is 7.80. The zero-order valence-corrected chi connectivity index (χ0v) is 9.73. The molecule has 0 aliphatic carbocycles. The molecule has 16 heavy (non-hydrogen) atoms. The van der Waals surface area contributed by atoms with Gasteiger partial charge in [0.05, 0.1) is 20.3 Å². The summed E-state index contributed by atoms with van der Waals surface area (Å²) >= 11 is 0. The first-order valence-corrected chi connectivity index (χ1v) is 5.20. The molecule has 0 bridgehead atoms. The summed E-state index contributed by atoms with van der Waals surface area (Å²) in [4.78, 5) is 0. The highest BCUT2D eigenvalue weighted by Crippen LogP contribution is 2.22. The molecule has 0 unspecified atom stereocenters. The molecule has 0 atom stereocenters. The largest absolute Gasteiger partial charge is 0.497 e. The molecule has 1 aromatic carbocycles. The van der Waals surface area contributed by atoms with Gasteiger partial charge in [-0.15, -0.1) is 0 Å². The van der Waals surface area contributed by atoms with E-state index in [1.807, 2.05) is 0 Å². The Bertz CT molecular complexity index is 290. The Kier molecular flexibility index (Phi) is 5.67. The van der Waals surface area contributed by atoms with Crippen LogP contribution in [0.2, 0.25) is 0 Å². The smallest absolute Gasteiger partial charge is 0.123 e. The number of aliphatic hydroxyl groups excluding tert-OH is 1. The van der Waals surface area contributed by atoms with E-state index in [4.69, 9.17) is 19.3 Å². The molecule has 0 fully saturated rings. The summed E-state index contributed by atoms with van der Waals surface area (Å²) in [7, 11) is 3.25. The Morgan fingerprint density at radius 3 is 2.44 bits per heavy atom. The van der Waals surface area contributed by atoms with Crippen molar-refractivity contribution in [3.05, 3.63) is 23.8 Å². The summed E-state index contributed by atoms with van der Waals surface area (Å²) in [6.07, 6.45) is 0.835. The second-order valence-corrected chi connectivity index (χ2v) is 3.37. The zero-order chi connectivity index (χ0) is 11.8. The van der Waals surface area contributed by atoms with Crippen molar-refractivity contribution in [2.45, 2.75) is 13.0 Å². The average molecular weight is 226 g/mol. The summed E-state index contributed by atoms with van der Waals surface area (Å²) < 4.78 is 15.6. The van der Waals surface area contributed by atoms with Gasteiger partial charge in [0.25, 0.3) is 0 Å². The Morgan fingerprint density at radius 2 is 1.81 bits per heavy atom.